The summed E-state index contributed by atoms with van der Waals surface area (Å²) in [6.07, 6.45) is 0. The third kappa shape index (κ3) is 1.41. The highest BCUT2D eigenvalue weighted by atomic mass is 16.2. The van der Waals surface area contributed by atoms with Gasteiger partial charge in [0.15, 0.2) is 0 Å². The summed E-state index contributed by atoms with van der Waals surface area (Å²) in [6.45, 7) is 1.22. The molecule has 17 heavy (non-hydrogen) atoms. The Morgan fingerprint density at radius 3 is 2.59 bits per heavy atom. The van der Waals surface area contributed by atoms with Gasteiger partial charge in [-0.05, 0) is 7.05 Å². The molecule has 86 valence electrons. The van der Waals surface area contributed by atoms with Crippen molar-refractivity contribution in [2.24, 2.45) is 0 Å². The van der Waals surface area contributed by atoms with Gasteiger partial charge in [0.1, 0.15) is 0 Å². The highest BCUT2D eigenvalue weighted by Crippen LogP contribution is 2.29. The fourth-order valence-corrected chi connectivity index (χ4v) is 2.33. The van der Waals surface area contributed by atoms with Crippen LogP contribution >= 0.6 is 0 Å². The van der Waals surface area contributed by atoms with Gasteiger partial charge in [-0.15, -0.1) is 0 Å². The Morgan fingerprint density at radius 1 is 1.12 bits per heavy atom. The molecule has 0 saturated heterocycles. The maximum absolute atomic E-state index is 12.0. The topological polar surface area (TPSA) is 49.4 Å². The first-order chi connectivity index (χ1) is 8.18. The Morgan fingerprint density at radius 2 is 1.82 bits per heavy atom. The number of likely N-dealkylation sites (N-methyl/N-ethyl adjacent to an activating group) is 1. The highest BCUT2D eigenvalue weighted by molar-refractivity contribution is 6.52. The standard InChI is InChI=1S/C13H12N2O2/c1-15-6-10-11(14-7-15)8-4-2-3-5-9(8)12(16)13(10)17/h2-5,14H,6-7H2,1H3. The van der Waals surface area contributed by atoms with Crippen LogP contribution in [0.4, 0.5) is 0 Å². The lowest BCUT2D eigenvalue weighted by Crippen LogP contribution is -2.43. The average molecular weight is 228 g/mol. The predicted molar refractivity (Wildman–Crippen MR) is 63.3 cm³/mol. The molecule has 4 nitrogen and oxygen atoms in total. The zero-order valence-corrected chi connectivity index (χ0v) is 9.49. The number of nitrogens with zero attached hydrogens (tertiary/aromatic N) is 1. The summed E-state index contributed by atoms with van der Waals surface area (Å²) < 4.78 is 0. The quantitative estimate of drug-likeness (QED) is 0.663. The first kappa shape index (κ1) is 10.2. The Balaban J connectivity index is 2.23. The summed E-state index contributed by atoms with van der Waals surface area (Å²) in [7, 11) is 1.91. The molecule has 1 aliphatic heterocycles. The minimum Gasteiger partial charge on any atom is -0.371 e. The van der Waals surface area contributed by atoms with Gasteiger partial charge in [-0.1, -0.05) is 24.3 Å². The van der Waals surface area contributed by atoms with Crippen molar-refractivity contribution >= 4 is 17.3 Å². The van der Waals surface area contributed by atoms with E-state index in [0.717, 1.165) is 11.3 Å². The number of carbonyl (C=O) groups excluding carboxylic acids is 2. The first-order valence-corrected chi connectivity index (χ1v) is 5.52. The van der Waals surface area contributed by atoms with Crippen molar-refractivity contribution < 1.29 is 9.59 Å². The van der Waals surface area contributed by atoms with Crippen molar-refractivity contribution in [1.82, 2.24) is 10.2 Å². The number of rotatable bonds is 0. The number of nitrogens with one attached hydrogen (secondary N) is 1. The molecule has 0 amide bonds. The summed E-state index contributed by atoms with van der Waals surface area (Å²) in [5.41, 5.74) is 2.76. The minimum absolute atomic E-state index is 0.377. The van der Waals surface area contributed by atoms with Crippen LogP contribution in [0.25, 0.3) is 5.70 Å². The van der Waals surface area contributed by atoms with Gasteiger partial charge < -0.3 is 5.32 Å². The highest BCUT2D eigenvalue weighted by Gasteiger charge is 2.34. The summed E-state index contributed by atoms with van der Waals surface area (Å²) in [5, 5.41) is 3.21. The molecule has 1 N–H and O–H groups in total. The van der Waals surface area contributed by atoms with Crippen LogP contribution in [-0.4, -0.2) is 36.7 Å². The Labute approximate surface area is 98.9 Å². The molecule has 0 fully saturated rings. The molecule has 0 atom stereocenters. The zero-order valence-electron chi connectivity index (χ0n) is 9.49. The van der Waals surface area contributed by atoms with E-state index < -0.39 is 5.78 Å². The van der Waals surface area contributed by atoms with Crippen molar-refractivity contribution in [2.75, 3.05) is 20.3 Å². The third-order valence-corrected chi connectivity index (χ3v) is 3.18. The van der Waals surface area contributed by atoms with Gasteiger partial charge in [0.05, 0.1) is 12.4 Å². The number of fused-ring (bicyclic) bond motifs is 2. The van der Waals surface area contributed by atoms with Crippen LogP contribution in [0.15, 0.2) is 29.8 Å². The number of hydrogen-bond acceptors (Lipinski definition) is 4. The fourth-order valence-electron chi connectivity index (χ4n) is 2.33. The van der Waals surface area contributed by atoms with Crippen LogP contribution in [0.2, 0.25) is 0 Å². The van der Waals surface area contributed by atoms with Gasteiger partial charge in [-0.3, -0.25) is 14.5 Å². The lowest BCUT2D eigenvalue weighted by Gasteiger charge is -2.31. The molecule has 0 bridgehead atoms. The van der Waals surface area contributed by atoms with Gasteiger partial charge in [-0.25, -0.2) is 0 Å². The van der Waals surface area contributed by atoms with Gasteiger partial charge in [-0.2, -0.15) is 0 Å². The molecule has 1 heterocycles. The lowest BCUT2D eigenvalue weighted by molar-refractivity contribution is -0.112. The van der Waals surface area contributed by atoms with Crippen molar-refractivity contribution in [2.45, 2.75) is 0 Å². The smallest absolute Gasteiger partial charge is 0.233 e. The molecule has 0 aromatic heterocycles. The van der Waals surface area contributed by atoms with E-state index in [9.17, 15) is 9.59 Å². The second-order valence-corrected chi connectivity index (χ2v) is 4.41. The molecule has 0 unspecified atom stereocenters. The molecule has 4 heteroatoms. The molecule has 0 saturated carbocycles. The summed E-state index contributed by atoms with van der Waals surface area (Å²) in [5.74, 6) is -0.769. The molecule has 2 aliphatic rings. The van der Waals surface area contributed by atoms with Gasteiger partial charge in [0.25, 0.3) is 0 Å². The van der Waals surface area contributed by atoms with E-state index >= 15 is 0 Å². The summed E-state index contributed by atoms with van der Waals surface area (Å²) in [6, 6.07) is 7.25. The second kappa shape index (κ2) is 3.53. The van der Waals surface area contributed by atoms with Crippen LogP contribution in [0.1, 0.15) is 15.9 Å². The third-order valence-electron chi connectivity index (χ3n) is 3.18. The van der Waals surface area contributed by atoms with Gasteiger partial charge in [0, 0.05) is 23.2 Å². The minimum atomic E-state index is -0.392. The number of Topliss-reactive ketones (excluding diaryl/α,β-unsaturated/α-hetero) is 2. The van der Waals surface area contributed by atoms with E-state index in [4.69, 9.17) is 0 Å². The molecule has 3 rings (SSSR count). The molecule has 1 aromatic carbocycles. The molecular formula is C13H12N2O2. The van der Waals surface area contributed by atoms with Crippen LogP contribution in [-0.2, 0) is 4.79 Å². The molecular weight excluding hydrogens is 216 g/mol. The number of ketones is 2. The fraction of sp³-hybridized carbons (Fsp3) is 0.231. The first-order valence-electron chi connectivity index (χ1n) is 5.52. The number of hydrogen-bond donors (Lipinski definition) is 1. The predicted octanol–water partition coefficient (Wildman–Crippen LogP) is 0.656. The van der Waals surface area contributed by atoms with E-state index in [1.807, 2.05) is 24.1 Å². The van der Waals surface area contributed by atoms with Crippen molar-refractivity contribution in [3.63, 3.8) is 0 Å². The van der Waals surface area contributed by atoms with Gasteiger partial charge in [0.2, 0.25) is 11.6 Å². The van der Waals surface area contributed by atoms with Gasteiger partial charge >= 0.3 is 0 Å². The summed E-state index contributed by atoms with van der Waals surface area (Å²) >= 11 is 0. The van der Waals surface area contributed by atoms with Crippen molar-refractivity contribution in [3.8, 4) is 0 Å². The summed E-state index contributed by atoms with van der Waals surface area (Å²) in [4.78, 5) is 25.9. The molecule has 1 aromatic rings. The van der Waals surface area contributed by atoms with E-state index in [1.165, 1.54) is 0 Å². The monoisotopic (exact) mass is 228 g/mol. The Kier molecular flexibility index (Phi) is 2.12. The normalized spacial score (nSPS) is 19.8. The zero-order chi connectivity index (χ0) is 12.0. The molecule has 0 radical (unpaired) electrons. The largest absolute Gasteiger partial charge is 0.371 e. The molecule has 0 spiro atoms. The Bertz CT molecular complexity index is 560. The maximum Gasteiger partial charge on any atom is 0.233 e. The van der Waals surface area contributed by atoms with E-state index in [-0.39, 0.29) is 5.78 Å². The SMILES string of the molecule is CN1CNC2=C(C1)C(=O)C(=O)c1ccccc12. The van der Waals surface area contributed by atoms with Crippen LogP contribution in [0, 0.1) is 0 Å². The second-order valence-electron chi connectivity index (χ2n) is 4.41. The van der Waals surface area contributed by atoms with E-state index in [2.05, 4.69) is 5.32 Å². The van der Waals surface area contributed by atoms with Crippen molar-refractivity contribution in [3.05, 3.63) is 41.0 Å². The van der Waals surface area contributed by atoms with Crippen LogP contribution in [0.3, 0.4) is 0 Å². The maximum atomic E-state index is 12.0. The van der Waals surface area contributed by atoms with Crippen LogP contribution < -0.4 is 5.32 Å². The van der Waals surface area contributed by atoms with Crippen LogP contribution in [0.5, 0.6) is 0 Å². The number of benzene rings is 1. The number of carbonyl (C=O) groups is 2. The van der Waals surface area contributed by atoms with E-state index in [0.29, 0.717) is 24.4 Å². The lowest BCUT2D eigenvalue weighted by atomic mass is 9.86. The molecule has 1 aliphatic carbocycles. The van der Waals surface area contributed by atoms with E-state index in [1.54, 1.807) is 12.1 Å². The Hall–Kier alpha value is -1.94. The van der Waals surface area contributed by atoms with Crippen molar-refractivity contribution in [1.29, 1.82) is 0 Å². The average Bonchev–Trinajstić information content (AvgIpc) is 2.36.